The number of ether oxygens (including phenoxy) is 1. The van der Waals surface area contributed by atoms with Gasteiger partial charge in [-0.1, -0.05) is 48.0 Å². The van der Waals surface area contributed by atoms with Gasteiger partial charge in [0.05, 0.1) is 11.3 Å². The van der Waals surface area contributed by atoms with Gasteiger partial charge in [-0.05, 0) is 130 Å². The minimum absolute atomic E-state index is 0.209. The summed E-state index contributed by atoms with van der Waals surface area (Å²) in [6.07, 6.45) is 0.404. The largest absolute Gasteiger partial charge is 0.454 e. The van der Waals surface area contributed by atoms with Crippen LogP contribution in [0, 0.1) is 27.7 Å². The number of hydrogen-bond acceptors (Lipinski definition) is 5. The zero-order chi connectivity index (χ0) is 36.2. The number of rotatable bonds is 7. The van der Waals surface area contributed by atoms with E-state index in [0.29, 0.717) is 80.4 Å². The standard InChI is InChI=1S/C42H38ClN3O5/c1-25-10-5-7-12-32(25)39(47)44-30-16-18-34(27(3)22-30)41(49)46-21-9-14-38(36-24-29(43)15-20-37(36)46)51-42(50)35-19-17-31(23-28(35)4)45-40(48)33-13-8-6-11-26(33)2/h5-8,10-13,15-20,22-24,38H,9,14,21H2,1-4H3,(H,44,47)(H,45,48). The molecule has 1 aliphatic rings. The summed E-state index contributed by atoms with van der Waals surface area (Å²) in [6.45, 7) is 7.79. The Morgan fingerprint density at radius 2 is 1.20 bits per heavy atom. The number of hydrogen-bond donors (Lipinski definition) is 2. The van der Waals surface area contributed by atoms with E-state index in [1.807, 2.05) is 57.2 Å². The lowest BCUT2D eigenvalue weighted by Gasteiger charge is -2.25. The molecule has 258 valence electrons. The first-order valence-electron chi connectivity index (χ1n) is 16.8. The summed E-state index contributed by atoms with van der Waals surface area (Å²) in [5.74, 6) is -1.18. The minimum Gasteiger partial charge on any atom is -0.454 e. The van der Waals surface area contributed by atoms with E-state index in [1.54, 1.807) is 78.6 Å². The van der Waals surface area contributed by atoms with Gasteiger partial charge in [-0.3, -0.25) is 14.4 Å². The molecule has 6 rings (SSSR count). The minimum atomic E-state index is -0.649. The summed E-state index contributed by atoms with van der Waals surface area (Å²) in [4.78, 5) is 55.1. The Kier molecular flexibility index (Phi) is 10.3. The molecule has 2 N–H and O–H groups in total. The van der Waals surface area contributed by atoms with E-state index in [9.17, 15) is 19.2 Å². The van der Waals surface area contributed by atoms with Gasteiger partial charge in [0.15, 0.2) is 0 Å². The van der Waals surface area contributed by atoms with Crippen molar-refractivity contribution in [3.05, 3.63) is 158 Å². The first-order valence-corrected chi connectivity index (χ1v) is 17.2. The average molecular weight is 700 g/mol. The third-order valence-electron chi connectivity index (χ3n) is 9.17. The predicted octanol–water partition coefficient (Wildman–Crippen LogP) is 9.42. The quantitative estimate of drug-likeness (QED) is 0.165. The SMILES string of the molecule is Cc1ccccc1C(=O)Nc1ccc(C(=O)OC2CCCN(C(=O)c3ccc(NC(=O)c4ccccc4C)cc3C)c3ccc(Cl)cc32)c(C)c1. The second-order valence-electron chi connectivity index (χ2n) is 12.8. The van der Waals surface area contributed by atoms with E-state index < -0.39 is 12.1 Å². The fraction of sp³-hybridized carbons (Fsp3) is 0.190. The molecule has 0 aliphatic carbocycles. The average Bonchev–Trinajstić information content (AvgIpc) is 3.27. The Balaban J connectivity index is 1.19. The van der Waals surface area contributed by atoms with Crippen molar-refractivity contribution in [1.82, 2.24) is 0 Å². The van der Waals surface area contributed by atoms with Crippen LogP contribution in [0.15, 0.2) is 103 Å². The Morgan fingerprint density at radius 3 is 1.75 bits per heavy atom. The lowest BCUT2D eigenvalue weighted by Crippen LogP contribution is -2.32. The summed E-state index contributed by atoms with van der Waals surface area (Å²) in [6, 6.07) is 30.2. The number of carbonyl (C=O) groups excluding carboxylic acids is 4. The Hall–Kier alpha value is -5.73. The highest BCUT2D eigenvalue weighted by atomic mass is 35.5. The summed E-state index contributed by atoms with van der Waals surface area (Å²) < 4.78 is 6.12. The second kappa shape index (κ2) is 15.0. The number of nitrogens with one attached hydrogen (secondary N) is 2. The molecule has 1 heterocycles. The summed E-state index contributed by atoms with van der Waals surface area (Å²) >= 11 is 6.46. The van der Waals surface area contributed by atoms with Crippen LogP contribution in [0.2, 0.25) is 5.02 Å². The first-order chi connectivity index (χ1) is 24.5. The third kappa shape index (κ3) is 7.71. The van der Waals surface area contributed by atoms with Crippen LogP contribution in [-0.2, 0) is 4.74 Å². The first kappa shape index (κ1) is 35.1. The molecule has 0 aromatic heterocycles. The van der Waals surface area contributed by atoms with Crippen LogP contribution < -0.4 is 15.5 Å². The van der Waals surface area contributed by atoms with E-state index in [0.717, 1.165) is 11.1 Å². The maximum absolute atomic E-state index is 14.1. The number of benzene rings is 5. The number of nitrogens with zero attached hydrogens (tertiary/aromatic N) is 1. The fourth-order valence-electron chi connectivity index (χ4n) is 6.42. The van der Waals surface area contributed by atoms with Gasteiger partial charge in [-0.2, -0.15) is 0 Å². The number of esters is 1. The van der Waals surface area contributed by atoms with Gasteiger partial charge in [0.1, 0.15) is 6.10 Å². The van der Waals surface area contributed by atoms with E-state index in [1.165, 1.54) is 0 Å². The lowest BCUT2D eigenvalue weighted by molar-refractivity contribution is 0.0278. The molecular formula is C42H38ClN3O5. The van der Waals surface area contributed by atoms with Gasteiger partial charge in [-0.15, -0.1) is 0 Å². The molecule has 1 unspecified atom stereocenters. The van der Waals surface area contributed by atoms with Crippen LogP contribution in [0.4, 0.5) is 17.1 Å². The van der Waals surface area contributed by atoms with Crippen molar-refractivity contribution < 1.29 is 23.9 Å². The molecule has 5 aromatic rings. The molecule has 0 saturated heterocycles. The highest BCUT2D eigenvalue weighted by molar-refractivity contribution is 6.30. The van der Waals surface area contributed by atoms with Crippen molar-refractivity contribution >= 4 is 52.4 Å². The Bertz CT molecular complexity index is 2180. The third-order valence-corrected chi connectivity index (χ3v) is 9.40. The van der Waals surface area contributed by atoms with Gasteiger partial charge in [0.2, 0.25) is 0 Å². The number of aryl methyl sites for hydroxylation is 4. The fourth-order valence-corrected chi connectivity index (χ4v) is 6.60. The van der Waals surface area contributed by atoms with Crippen molar-refractivity contribution in [3.8, 4) is 0 Å². The topological polar surface area (TPSA) is 105 Å². The molecule has 1 aliphatic heterocycles. The van der Waals surface area contributed by atoms with E-state index in [-0.39, 0.29) is 17.7 Å². The molecule has 0 bridgehead atoms. The van der Waals surface area contributed by atoms with Crippen molar-refractivity contribution in [1.29, 1.82) is 0 Å². The zero-order valence-electron chi connectivity index (χ0n) is 28.9. The van der Waals surface area contributed by atoms with Crippen molar-refractivity contribution in [2.75, 3.05) is 22.1 Å². The van der Waals surface area contributed by atoms with Gasteiger partial charge < -0.3 is 20.3 Å². The van der Waals surface area contributed by atoms with Crippen molar-refractivity contribution in [2.24, 2.45) is 0 Å². The normalized spacial score (nSPS) is 13.8. The molecule has 0 saturated carbocycles. The van der Waals surface area contributed by atoms with Crippen LogP contribution in [0.3, 0.4) is 0 Å². The lowest BCUT2D eigenvalue weighted by atomic mass is 10.0. The predicted molar refractivity (Wildman–Crippen MR) is 201 cm³/mol. The van der Waals surface area contributed by atoms with Crippen LogP contribution in [0.25, 0.3) is 0 Å². The van der Waals surface area contributed by atoms with E-state index >= 15 is 0 Å². The Labute approximate surface area is 302 Å². The van der Waals surface area contributed by atoms with Gasteiger partial charge in [0, 0.05) is 45.2 Å². The molecule has 1 atom stereocenters. The maximum atomic E-state index is 14.1. The number of fused-ring (bicyclic) bond motifs is 1. The second-order valence-corrected chi connectivity index (χ2v) is 13.2. The highest BCUT2D eigenvalue weighted by Gasteiger charge is 2.31. The van der Waals surface area contributed by atoms with E-state index in [4.69, 9.17) is 16.3 Å². The van der Waals surface area contributed by atoms with Crippen LogP contribution in [0.5, 0.6) is 0 Å². The van der Waals surface area contributed by atoms with Gasteiger partial charge >= 0.3 is 5.97 Å². The summed E-state index contributed by atoms with van der Waals surface area (Å²) in [7, 11) is 0. The molecular weight excluding hydrogens is 662 g/mol. The Morgan fingerprint density at radius 1 is 0.647 bits per heavy atom. The zero-order valence-corrected chi connectivity index (χ0v) is 29.6. The van der Waals surface area contributed by atoms with Gasteiger partial charge in [0.25, 0.3) is 17.7 Å². The number of anilines is 3. The van der Waals surface area contributed by atoms with Crippen molar-refractivity contribution in [2.45, 2.75) is 46.6 Å². The monoisotopic (exact) mass is 699 g/mol. The number of amides is 3. The highest BCUT2D eigenvalue weighted by Crippen LogP contribution is 2.38. The number of carbonyl (C=O) groups is 4. The molecule has 3 amide bonds. The maximum Gasteiger partial charge on any atom is 0.339 e. The molecule has 0 spiro atoms. The van der Waals surface area contributed by atoms with Crippen LogP contribution in [0.1, 0.15) is 88.2 Å². The molecule has 0 radical (unpaired) electrons. The van der Waals surface area contributed by atoms with Crippen LogP contribution in [-0.4, -0.2) is 30.2 Å². The summed E-state index contributed by atoms with van der Waals surface area (Å²) in [5.41, 5.74) is 7.51. The molecule has 0 fully saturated rings. The number of halogens is 1. The van der Waals surface area contributed by atoms with Gasteiger partial charge in [-0.25, -0.2) is 4.79 Å². The molecule has 51 heavy (non-hydrogen) atoms. The smallest absolute Gasteiger partial charge is 0.339 e. The summed E-state index contributed by atoms with van der Waals surface area (Å²) in [5, 5.41) is 6.30. The van der Waals surface area contributed by atoms with Crippen molar-refractivity contribution in [3.63, 3.8) is 0 Å². The molecule has 9 heteroatoms. The van der Waals surface area contributed by atoms with E-state index in [2.05, 4.69) is 10.6 Å². The molecule has 5 aromatic carbocycles. The molecule has 8 nitrogen and oxygen atoms in total. The van der Waals surface area contributed by atoms with Crippen LogP contribution >= 0.6 is 11.6 Å².